The average Bonchev–Trinajstić information content (AvgIpc) is 3.12. The van der Waals surface area contributed by atoms with Crippen LogP contribution in [0.1, 0.15) is 17.1 Å². The summed E-state index contributed by atoms with van der Waals surface area (Å²) in [6, 6.07) is 4.54. The third-order valence-electron chi connectivity index (χ3n) is 4.16. The lowest BCUT2D eigenvalue weighted by molar-refractivity contribution is 0.442. The summed E-state index contributed by atoms with van der Waals surface area (Å²) in [6.07, 6.45) is 1.52. The number of hydrogen-bond acceptors (Lipinski definition) is 4. The van der Waals surface area contributed by atoms with Gasteiger partial charge in [0.2, 0.25) is 0 Å². The maximum Gasteiger partial charge on any atom is 0.194 e. The first-order valence-electron chi connectivity index (χ1n) is 7.91. The van der Waals surface area contributed by atoms with E-state index in [0.717, 1.165) is 22.5 Å². The molecule has 0 radical (unpaired) electrons. The number of benzene rings is 1. The minimum atomic E-state index is -0.268. The number of aryl methyl sites for hydroxylation is 2. The van der Waals surface area contributed by atoms with Crippen LogP contribution in [0.25, 0.3) is 11.0 Å². The summed E-state index contributed by atoms with van der Waals surface area (Å²) < 4.78 is 21.0. The van der Waals surface area contributed by atoms with Gasteiger partial charge < -0.3 is 14.6 Å². The molecule has 0 unspecified atom stereocenters. The highest BCUT2D eigenvalue weighted by atomic mass is 19.1. The first kappa shape index (κ1) is 16.9. The maximum atomic E-state index is 13.4. The van der Waals surface area contributed by atoms with Crippen LogP contribution in [-0.4, -0.2) is 39.7 Å². The van der Waals surface area contributed by atoms with Crippen LogP contribution in [-0.2, 0) is 20.1 Å². The number of furan rings is 1. The molecule has 0 spiro atoms. The van der Waals surface area contributed by atoms with E-state index >= 15 is 0 Å². The normalized spacial score (nSPS) is 12.0. The number of aliphatic imine (C=N–C) groups is 1. The number of aromatic nitrogens is 3. The molecule has 0 bridgehead atoms. The Hall–Kier alpha value is -2.90. The van der Waals surface area contributed by atoms with Gasteiger partial charge in [0.05, 0.1) is 13.1 Å². The van der Waals surface area contributed by atoms with Gasteiger partial charge in [-0.2, -0.15) is 5.10 Å². The Morgan fingerprint density at radius 1 is 1.44 bits per heavy atom. The highest BCUT2D eigenvalue weighted by Crippen LogP contribution is 2.25. The van der Waals surface area contributed by atoms with E-state index in [9.17, 15) is 4.39 Å². The van der Waals surface area contributed by atoms with E-state index < -0.39 is 0 Å². The van der Waals surface area contributed by atoms with E-state index in [1.54, 1.807) is 17.8 Å². The molecule has 1 aromatic carbocycles. The summed E-state index contributed by atoms with van der Waals surface area (Å²) in [4.78, 5) is 10.4. The molecular weight excluding hydrogens is 323 g/mol. The molecule has 3 rings (SSSR count). The third-order valence-corrected chi connectivity index (χ3v) is 4.16. The number of halogens is 1. The first-order chi connectivity index (χ1) is 12.0. The highest BCUT2D eigenvalue weighted by molar-refractivity contribution is 5.83. The summed E-state index contributed by atoms with van der Waals surface area (Å²) in [7, 11) is 5.49. The maximum absolute atomic E-state index is 13.4. The minimum Gasteiger partial charge on any atom is -0.459 e. The summed E-state index contributed by atoms with van der Waals surface area (Å²) >= 11 is 0. The van der Waals surface area contributed by atoms with Crippen molar-refractivity contribution in [3.63, 3.8) is 0 Å². The van der Waals surface area contributed by atoms with Crippen LogP contribution in [0.2, 0.25) is 0 Å². The molecule has 7 nitrogen and oxygen atoms in total. The number of hydrogen-bond donors (Lipinski definition) is 1. The largest absolute Gasteiger partial charge is 0.459 e. The van der Waals surface area contributed by atoms with Gasteiger partial charge in [0, 0.05) is 32.1 Å². The fourth-order valence-electron chi connectivity index (χ4n) is 2.71. The van der Waals surface area contributed by atoms with Gasteiger partial charge in [-0.15, -0.1) is 0 Å². The Morgan fingerprint density at radius 2 is 2.24 bits per heavy atom. The Labute approximate surface area is 145 Å². The molecule has 0 saturated carbocycles. The smallest absolute Gasteiger partial charge is 0.194 e. The van der Waals surface area contributed by atoms with Crippen molar-refractivity contribution >= 4 is 16.9 Å². The molecule has 0 atom stereocenters. The van der Waals surface area contributed by atoms with E-state index in [1.165, 1.54) is 18.5 Å². The fraction of sp³-hybridized carbons (Fsp3) is 0.353. The minimum absolute atomic E-state index is 0.268. The van der Waals surface area contributed by atoms with E-state index in [0.29, 0.717) is 24.6 Å². The zero-order valence-corrected chi connectivity index (χ0v) is 14.7. The Balaban J connectivity index is 1.71. The van der Waals surface area contributed by atoms with Gasteiger partial charge in [-0.05, 0) is 25.1 Å². The number of nitrogens with one attached hydrogen (secondary N) is 1. The van der Waals surface area contributed by atoms with Gasteiger partial charge in [-0.3, -0.25) is 9.67 Å². The predicted molar refractivity (Wildman–Crippen MR) is 93.6 cm³/mol. The van der Waals surface area contributed by atoms with E-state index in [-0.39, 0.29) is 5.82 Å². The van der Waals surface area contributed by atoms with Crippen LogP contribution in [0, 0.1) is 12.7 Å². The highest BCUT2D eigenvalue weighted by Gasteiger charge is 2.14. The van der Waals surface area contributed by atoms with Gasteiger partial charge in [0.1, 0.15) is 29.3 Å². The van der Waals surface area contributed by atoms with Crippen LogP contribution in [0.15, 0.2) is 33.9 Å². The molecule has 0 aliphatic rings. The number of guanidine groups is 1. The van der Waals surface area contributed by atoms with Gasteiger partial charge >= 0.3 is 0 Å². The van der Waals surface area contributed by atoms with Crippen molar-refractivity contribution in [2.24, 2.45) is 12.0 Å². The van der Waals surface area contributed by atoms with Crippen molar-refractivity contribution in [3.05, 3.63) is 47.5 Å². The van der Waals surface area contributed by atoms with Crippen LogP contribution >= 0.6 is 0 Å². The summed E-state index contributed by atoms with van der Waals surface area (Å²) in [5.41, 5.74) is 1.60. The molecule has 132 valence electrons. The Bertz CT molecular complexity index is 913. The number of fused-ring (bicyclic) bond motifs is 1. The fourth-order valence-corrected chi connectivity index (χ4v) is 2.71. The monoisotopic (exact) mass is 344 g/mol. The molecule has 2 heterocycles. The third kappa shape index (κ3) is 3.47. The molecule has 1 N–H and O–H groups in total. The molecule has 8 heteroatoms. The van der Waals surface area contributed by atoms with Crippen molar-refractivity contribution in [2.45, 2.75) is 20.0 Å². The van der Waals surface area contributed by atoms with Gasteiger partial charge in [0.15, 0.2) is 5.96 Å². The lowest BCUT2D eigenvalue weighted by atomic mass is 10.1. The van der Waals surface area contributed by atoms with E-state index in [2.05, 4.69) is 20.4 Å². The molecule has 0 saturated heterocycles. The molecule has 2 aromatic heterocycles. The molecule has 3 aromatic rings. The molecule has 0 aliphatic heterocycles. The number of nitrogens with zero attached hydrogens (tertiary/aromatic N) is 5. The van der Waals surface area contributed by atoms with E-state index in [4.69, 9.17) is 4.42 Å². The van der Waals surface area contributed by atoms with Crippen molar-refractivity contribution in [1.29, 1.82) is 0 Å². The van der Waals surface area contributed by atoms with Crippen LogP contribution < -0.4 is 5.32 Å². The summed E-state index contributed by atoms with van der Waals surface area (Å²) in [6.45, 7) is 2.95. The first-order valence-corrected chi connectivity index (χ1v) is 7.91. The molecular formula is C17H21FN6O. The van der Waals surface area contributed by atoms with Crippen molar-refractivity contribution in [1.82, 2.24) is 25.0 Å². The van der Waals surface area contributed by atoms with Crippen LogP contribution in [0.5, 0.6) is 0 Å². The Morgan fingerprint density at radius 3 is 2.92 bits per heavy atom. The van der Waals surface area contributed by atoms with Gasteiger partial charge in [0.25, 0.3) is 0 Å². The topological polar surface area (TPSA) is 71.5 Å². The second-order valence-corrected chi connectivity index (χ2v) is 5.85. The predicted octanol–water partition coefficient (Wildman–Crippen LogP) is 2.22. The van der Waals surface area contributed by atoms with Crippen LogP contribution in [0.4, 0.5) is 4.39 Å². The van der Waals surface area contributed by atoms with Crippen molar-refractivity contribution in [2.75, 3.05) is 14.1 Å². The van der Waals surface area contributed by atoms with E-state index in [1.807, 2.05) is 25.9 Å². The Kier molecular flexibility index (Phi) is 4.69. The molecule has 0 amide bonds. The molecule has 0 fully saturated rings. The lowest BCUT2D eigenvalue weighted by Crippen LogP contribution is -2.38. The molecule has 0 aliphatic carbocycles. The van der Waals surface area contributed by atoms with Gasteiger partial charge in [-0.1, -0.05) is 0 Å². The second kappa shape index (κ2) is 6.92. The summed E-state index contributed by atoms with van der Waals surface area (Å²) in [5.74, 6) is 2.03. The average molecular weight is 344 g/mol. The SMILES string of the molecule is CN=C(NCc1oc2ccc(F)cc2c1C)N(C)Cc1ncnn1C. The molecule has 25 heavy (non-hydrogen) atoms. The quantitative estimate of drug-likeness (QED) is 0.580. The van der Waals surface area contributed by atoms with Gasteiger partial charge in [-0.25, -0.2) is 9.37 Å². The van der Waals surface area contributed by atoms with Crippen LogP contribution in [0.3, 0.4) is 0 Å². The standard InChI is InChI=1S/C17H21FN6O/c1-11-13-7-12(18)5-6-14(13)25-15(11)8-20-17(19-2)23(3)9-16-21-10-22-24(16)4/h5-7,10H,8-9H2,1-4H3,(H,19,20). The number of rotatable bonds is 4. The zero-order chi connectivity index (χ0) is 18.0. The lowest BCUT2D eigenvalue weighted by Gasteiger charge is -2.21. The zero-order valence-electron chi connectivity index (χ0n) is 14.7. The summed E-state index contributed by atoms with van der Waals surface area (Å²) in [5, 5.41) is 8.12. The second-order valence-electron chi connectivity index (χ2n) is 5.85. The van der Waals surface area contributed by atoms with Crippen molar-refractivity contribution in [3.8, 4) is 0 Å². The van der Waals surface area contributed by atoms with Crippen molar-refractivity contribution < 1.29 is 8.81 Å².